The second kappa shape index (κ2) is 6.09. The van der Waals surface area contributed by atoms with Crippen LogP contribution in [0.25, 0.3) is 0 Å². The number of piperidine rings is 2. The Kier molecular flexibility index (Phi) is 4.68. The molecule has 2 rings (SSSR count). The van der Waals surface area contributed by atoms with Crippen molar-refractivity contribution in [2.75, 3.05) is 39.8 Å². The van der Waals surface area contributed by atoms with E-state index in [1.807, 2.05) is 0 Å². The Labute approximate surface area is 116 Å². The molecule has 0 aromatic carbocycles. The zero-order chi connectivity index (χ0) is 13.9. The summed E-state index contributed by atoms with van der Waals surface area (Å²) < 4.78 is 0. The van der Waals surface area contributed by atoms with E-state index in [0.717, 1.165) is 32.5 Å². The van der Waals surface area contributed by atoms with Crippen molar-refractivity contribution >= 4 is 6.03 Å². The van der Waals surface area contributed by atoms with E-state index >= 15 is 0 Å². The van der Waals surface area contributed by atoms with E-state index in [4.69, 9.17) is 5.73 Å². The molecule has 0 aliphatic carbocycles. The first kappa shape index (κ1) is 14.6. The van der Waals surface area contributed by atoms with Crippen LogP contribution in [0.5, 0.6) is 0 Å². The van der Waals surface area contributed by atoms with Gasteiger partial charge in [0.15, 0.2) is 0 Å². The predicted octanol–water partition coefficient (Wildman–Crippen LogP) is 0.851. The zero-order valence-electron chi connectivity index (χ0n) is 12.3. The van der Waals surface area contributed by atoms with Gasteiger partial charge in [-0.05, 0) is 51.2 Å². The summed E-state index contributed by atoms with van der Waals surface area (Å²) in [6.45, 7) is 7.50. The third kappa shape index (κ3) is 4.08. The van der Waals surface area contributed by atoms with Crippen LogP contribution in [0, 0.1) is 5.41 Å². The summed E-state index contributed by atoms with van der Waals surface area (Å²) in [7, 11) is 2.20. The van der Waals surface area contributed by atoms with Gasteiger partial charge in [-0.3, -0.25) is 0 Å². The van der Waals surface area contributed by atoms with E-state index in [9.17, 15) is 4.79 Å². The average Bonchev–Trinajstić information content (AvgIpc) is 2.41. The minimum Gasteiger partial charge on any atom is -0.351 e. The molecule has 0 aromatic heterocycles. The molecule has 19 heavy (non-hydrogen) atoms. The van der Waals surface area contributed by atoms with Gasteiger partial charge in [-0.2, -0.15) is 0 Å². The van der Waals surface area contributed by atoms with Crippen molar-refractivity contribution in [3.05, 3.63) is 0 Å². The third-order valence-electron chi connectivity index (χ3n) is 4.82. The quantitative estimate of drug-likeness (QED) is 0.798. The number of carbonyl (C=O) groups excluding carboxylic acids is 1. The van der Waals surface area contributed by atoms with Crippen LogP contribution in [0.1, 0.15) is 32.6 Å². The molecule has 2 heterocycles. The lowest BCUT2D eigenvalue weighted by Crippen LogP contribution is -2.49. The first-order chi connectivity index (χ1) is 8.98. The van der Waals surface area contributed by atoms with Crippen molar-refractivity contribution in [1.82, 2.24) is 15.1 Å². The number of primary amides is 1. The number of nitrogens with two attached hydrogens (primary N) is 1. The average molecular weight is 268 g/mol. The molecule has 2 amide bonds. The number of hydrogen-bond donors (Lipinski definition) is 2. The molecule has 5 nitrogen and oxygen atoms in total. The van der Waals surface area contributed by atoms with Crippen LogP contribution in [0.2, 0.25) is 0 Å². The normalized spacial score (nSPS) is 25.5. The van der Waals surface area contributed by atoms with Gasteiger partial charge >= 0.3 is 6.03 Å². The van der Waals surface area contributed by atoms with Gasteiger partial charge in [-0.25, -0.2) is 4.79 Å². The van der Waals surface area contributed by atoms with Gasteiger partial charge in [-0.15, -0.1) is 0 Å². The van der Waals surface area contributed by atoms with Crippen molar-refractivity contribution in [3.63, 3.8) is 0 Å². The number of likely N-dealkylation sites (tertiary alicyclic amines) is 2. The minimum atomic E-state index is -0.277. The number of nitrogens with zero attached hydrogens (tertiary/aromatic N) is 2. The summed E-state index contributed by atoms with van der Waals surface area (Å²) >= 11 is 0. The SMILES string of the molecule is CN1CCC(C)(CNC2CCN(C(N)=O)CC2)CC1. The van der Waals surface area contributed by atoms with Crippen molar-refractivity contribution in [2.24, 2.45) is 11.1 Å². The van der Waals surface area contributed by atoms with Crippen molar-refractivity contribution < 1.29 is 4.79 Å². The van der Waals surface area contributed by atoms with E-state index in [1.54, 1.807) is 4.90 Å². The maximum Gasteiger partial charge on any atom is 0.314 e. The molecule has 2 aliphatic rings. The van der Waals surface area contributed by atoms with Gasteiger partial charge in [0.05, 0.1) is 0 Å². The van der Waals surface area contributed by atoms with E-state index in [1.165, 1.54) is 25.9 Å². The van der Waals surface area contributed by atoms with E-state index in [2.05, 4.69) is 24.2 Å². The molecule has 110 valence electrons. The molecule has 0 atom stereocenters. The first-order valence-electron chi connectivity index (χ1n) is 7.45. The van der Waals surface area contributed by atoms with Crippen LogP contribution in [0.4, 0.5) is 4.79 Å². The number of nitrogens with one attached hydrogen (secondary N) is 1. The molecule has 0 spiro atoms. The highest BCUT2D eigenvalue weighted by Gasteiger charge is 2.30. The lowest BCUT2D eigenvalue weighted by atomic mass is 9.80. The van der Waals surface area contributed by atoms with Crippen molar-refractivity contribution in [2.45, 2.75) is 38.6 Å². The Balaban J connectivity index is 1.70. The molecule has 2 aliphatic heterocycles. The minimum absolute atomic E-state index is 0.277. The maximum atomic E-state index is 11.1. The Bertz CT molecular complexity index is 305. The van der Waals surface area contributed by atoms with E-state index in [-0.39, 0.29) is 6.03 Å². The molecule has 3 N–H and O–H groups in total. The fraction of sp³-hybridized carbons (Fsp3) is 0.929. The van der Waals surface area contributed by atoms with Crippen molar-refractivity contribution in [1.29, 1.82) is 0 Å². The largest absolute Gasteiger partial charge is 0.351 e. The van der Waals surface area contributed by atoms with Gasteiger partial charge in [0.1, 0.15) is 0 Å². The number of urea groups is 1. The Morgan fingerprint density at radius 2 is 1.84 bits per heavy atom. The van der Waals surface area contributed by atoms with Crippen LogP contribution in [0.15, 0.2) is 0 Å². The lowest BCUT2D eigenvalue weighted by Gasteiger charge is -2.40. The van der Waals surface area contributed by atoms with Gasteiger partial charge < -0.3 is 20.9 Å². The van der Waals surface area contributed by atoms with Crippen LogP contribution in [-0.2, 0) is 0 Å². The highest BCUT2D eigenvalue weighted by Crippen LogP contribution is 2.29. The molecular formula is C14H28N4O. The predicted molar refractivity (Wildman–Crippen MR) is 77.0 cm³/mol. The standard InChI is InChI=1S/C14H28N4O/c1-14(5-9-17(2)10-6-14)11-16-12-3-7-18(8-4-12)13(15)19/h12,16H,3-11H2,1-2H3,(H2,15,19). The van der Waals surface area contributed by atoms with Gasteiger partial charge in [-0.1, -0.05) is 6.92 Å². The Hall–Kier alpha value is -0.810. The second-order valence-electron chi connectivity index (χ2n) is 6.59. The highest BCUT2D eigenvalue weighted by atomic mass is 16.2. The topological polar surface area (TPSA) is 61.6 Å². The van der Waals surface area contributed by atoms with Gasteiger partial charge in [0.2, 0.25) is 0 Å². The zero-order valence-corrected chi connectivity index (χ0v) is 12.3. The monoisotopic (exact) mass is 268 g/mol. The molecule has 0 radical (unpaired) electrons. The third-order valence-corrected chi connectivity index (χ3v) is 4.82. The summed E-state index contributed by atoms with van der Waals surface area (Å²) in [5.41, 5.74) is 5.74. The van der Waals surface area contributed by atoms with Gasteiger partial charge in [0.25, 0.3) is 0 Å². The Morgan fingerprint density at radius 1 is 1.26 bits per heavy atom. The second-order valence-corrected chi connectivity index (χ2v) is 6.59. The lowest BCUT2D eigenvalue weighted by molar-refractivity contribution is 0.126. The first-order valence-corrected chi connectivity index (χ1v) is 7.45. The Morgan fingerprint density at radius 3 is 2.37 bits per heavy atom. The van der Waals surface area contributed by atoms with E-state index in [0.29, 0.717) is 11.5 Å². The summed E-state index contributed by atoms with van der Waals surface area (Å²) in [6.07, 6.45) is 4.60. The summed E-state index contributed by atoms with van der Waals surface area (Å²) in [5.74, 6) is 0. The summed E-state index contributed by atoms with van der Waals surface area (Å²) in [5, 5.41) is 3.71. The number of rotatable bonds is 3. The molecule has 0 saturated carbocycles. The number of amides is 2. The molecule has 5 heteroatoms. The molecule has 2 saturated heterocycles. The van der Waals surface area contributed by atoms with Crippen LogP contribution < -0.4 is 11.1 Å². The molecule has 2 fully saturated rings. The molecule has 0 unspecified atom stereocenters. The van der Waals surface area contributed by atoms with Gasteiger partial charge in [0, 0.05) is 25.7 Å². The number of hydrogen-bond acceptors (Lipinski definition) is 3. The fourth-order valence-electron chi connectivity index (χ4n) is 3.03. The van der Waals surface area contributed by atoms with Crippen LogP contribution in [0.3, 0.4) is 0 Å². The van der Waals surface area contributed by atoms with Crippen molar-refractivity contribution in [3.8, 4) is 0 Å². The van der Waals surface area contributed by atoms with E-state index < -0.39 is 0 Å². The smallest absolute Gasteiger partial charge is 0.314 e. The van der Waals surface area contributed by atoms with Crippen LogP contribution in [-0.4, -0.2) is 61.6 Å². The number of carbonyl (C=O) groups is 1. The fourth-order valence-corrected chi connectivity index (χ4v) is 3.03. The molecular weight excluding hydrogens is 240 g/mol. The summed E-state index contributed by atoms with van der Waals surface area (Å²) in [4.78, 5) is 15.2. The highest BCUT2D eigenvalue weighted by molar-refractivity contribution is 5.72. The van der Waals surface area contributed by atoms with Crippen LogP contribution >= 0.6 is 0 Å². The summed E-state index contributed by atoms with van der Waals surface area (Å²) in [6, 6.07) is 0.271. The molecule has 0 bridgehead atoms. The maximum absolute atomic E-state index is 11.1. The molecule has 0 aromatic rings.